The van der Waals surface area contributed by atoms with Gasteiger partial charge in [0, 0.05) is 5.56 Å². The minimum atomic E-state index is -0.355. The molecule has 0 N–H and O–H groups in total. The predicted molar refractivity (Wildman–Crippen MR) is 94.0 cm³/mol. The second-order valence-corrected chi connectivity index (χ2v) is 5.77. The zero-order valence-corrected chi connectivity index (χ0v) is 13.8. The van der Waals surface area contributed by atoms with Gasteiger partial charge in [0.05, 0.1) is 21.7 Å². The number of halogens is 3. The molecular formula is C19H10Cl2FNO. The van der Waals surface area contributed by atoms with Gasteiger partial charge in [0.2, 0.25) is 0 Å². The van der Waals surface area contributed by atoms with Crippen LogP contribution in [0.5, 0.6) is 0 Å². The number of hydrogen-bond donors (Lipinski definition) is 0. The fraction of sp³-hybridized carbons (Fsp3) is 0. The third-order valence-corrected chi connectivity index (χ3v) is 4.23. The summed E-state index contributed by atoms with van der Waals surface area (Å²) < 4.78 is 18.7. The van der Waals surface area contributed by atoms with Gasteiger partial charge < -0.3 is 4.42 Å². The van der Waals surface area contributed by atoms with Crippen LogP contribution < -0.4 is 0 Å². The number of rotatable bonds is 3. The number of furan rings is 1. The summed E-state index contributed by atoms with van der Waals surface area (Å²) in [7, 11) is 0. The van der Waals surface area contributed by atoms with Crippen LogP contribution in [0.25, 0.3) is 23.0 Å². The summed E-state index contributed by atoms with van der Waals surface area (Å²) in [5, 5.41) is 10.2. The average Bonchev–Trinajstić information content (AvgIpc) is 3.04. The van der Waals surface area contributed by atoms with E-state index in [1.807, 2.05) is 0 Å². The van der Waals surface area contributed by atoms with Crippen molar-refractivity contribution in [3.05, 3.63) is 81.8 Å². The van der Waals surface area contributed by atoms with Crippen molar-refractivity contribution in [2.45, 2.75) is 0 Å². The molecule has 0 bridgehead atoms. The van der Waals surface area contributed by atoms with Gasteiger partial charge in [-0.1, -0.05) is 41.4 Å². The van der Waals surface area contributed by atoms with E-state index >= 15 is 0 Å². The van der Waals surface area contributed by atoms with Gasteiger partial charge in [-0.15, -0.1) is 0 Å². The minimum Gasteiger partial charge on any atom is -0.457 e. The topological polar surface area (TPSA) is 36.9 Å². The van der Waals surface area contributed by atoms with Crippen molar-refractivity contribution in [1.29, 1.82) is 5.26 Å². The highest BCUT2D eigenvalue weighted by molar-refractivity contribution is 6.43. The lowest BCUT2D eigenvalue weighted by atomic mass is 10.1. The van der Waals surface area contributed by atoms with Crippen LogP contribution >= 0.6 is 23.2 Å². The Balaban J connectivity index is 1.96. The monoisotopic (exact) mass is 357 g/mol. The van der Waals surface area contributed by atoms with Gasteiger partial charge in [-0.05, 0) is 48.0 Å². The van der Waals surface area contributed by atoms with E-state index in [1.54, 1.807) is 48.5 Å². The summed E-state index contributed by atoms with van der Waals surface area (Å²) in [6, 6.07) is 16.5. The lowest BCUT2D eigenvalue weighted by molar-refractivity contribution is 0.572. The Labute approximate surface area is 148 Å². The van der Waals surface area contributed by atoms with Crippen molar-refractivity contribution in [3.8, 4) is 17.4 Å². The van der Waals surface area contributed by atoms with Gasteiger partial charge in [-0.2, -0.15) is 5.26 Å². The summed E-state index contributed by atoms with van der Waals surface area (Å²) in [6.45, 7) is 0. The van der Waals surface area contributed by atoms with Crippen molar-refractivity contribution in [1.82, 2.24) is 0 Å². The highest BCUT2D eigenvalue weighted by Gasteiger charge is 2.11. The fourth-order valence-electron chi connectivity index (χ4n) is 2.22. The highest BCUT2D eigenvalue weighted by atomic mass is 35.5. The van der Waals surface area contributed by atoms with E-state index < -0.39 is 0 Å². The molecule has 0 fully saturated rings. The van der Waals surface area contributed by atoms with E-state index in [4.69, 9.17) is 27.6 Å². The van der Waals surface area contributed by atoms with Gasteiger partial charge >= 0.3 is 0 Å². The first kappa shape index (κ1) is 16.3. The Hall–Kier alpha value is -2.54. The first-order valence-corrected chi connectivity index (χ1v) is 7.76. The molecule has 0 saturated heterocycles. The van der Waals surface area contributed by atoms with Gasteiger partial charge in [-0.25, -0.2) is 4.39 Å². The van der Waals surface area contributed by atoms with E-state index in [0.29, 0.717) is 38.3 Å². The van der Waals surface area contributed by atoms with Gasteiger partial charge in [0.25, 0.3) is 0 Å². The maximum Gasteiger partial charge on any atom is 0.136 e. The standard InChI is InChI=1S/C19H10Cl2FNO/c20-17-3-1-2-16(19(17)21)18-9-8-15(24-18)10-13(11-23)12-4-6-14(22)7-5-12/h1-10H/b13-10+. The minimum absolute atomic E-state index is 0.355. The molecule has 24 heavy (non-hydrogen) atoms. The van der Waals surface area contributed by atoms with E-state index in [0.717, 1.165) is 0 Å². The van der Waals surface area contributed by atoms with Crippen molar-refractivity contribution >= 4 is 34.9 Å². The number of benzene rings is 2. The average molecular weight is 358 g/mol. The Bertz CT molecular complexity index is 952. The normalized spacial score (nSPS) is 11.3. The molecule has 0 aliphatic rings. The third-order valence-electron chi connectivity index (χ3n) is 3.41. The molecule has 0 aliphatic carbocycles. The largest absolute Gasteiger partial charge is 0.457 e. The number of allylic oxidation sites excluding steroid dienone is 1. The van der Waals surface area contributed by atoms with Crippen LogP contribution in [0.2, 0.25) is 10.0 Å². The zero-order chi connectivity index (χ0) is 17.1. The second-order valence-electron chi connectivity index (χ2n) is 4.98. The molecule has 118 valence electrons. The summed E-state index contributed by atoms with van der Waals surface area (Å²) in [6.07, 6.45) is 1.59. The Morgan fingerprint density at radius 2 is 1.79 bits per heavy atom. The van der Waals surface area contributed by atoms with Crippen LogP contribution in [0, 0.1) is 17.1 Å². The van der Waals surface area contributed by atoms with Crippen LogP contribution in [0.1, 0.15) is 11.3 Å². The Kier molecular flexibility index (Phi) is 4.71. The van der Waals surface area contributed by atoms with E-state index in [2.05, 4.69) is 6.07 Å². The van der Waals surface area contributed by atoms with Crippen LogP contribution in [-0.2, 0) is 0 Å². The van der Waals surface area contributed by atoms with Crippen LogP contribution in [-0.4, -0.2) is 0 Å². The molecule has 0 saturated carbocycles. The first-order valence-electron chi connectivity index (χ1n) is 7.00. The molecule has 2 nitrogen and oxygen atoms in total. The quantitative estimate of drug-likeness (QED) is 0.504. The van der Waals surface area contributed by atoms with Crippen LogP contribution in [0.3, 0.4) is 0 Å². The SMILES string of the molecule is N#C/C(=C\c1ccc(-c2cccc(Cl)c2Cl)o1)c1ccc(F)cc1. The lowest BCUT2D eigenvalue weighted by Crippen LogP contribution is -1.82. The number of nitrogens with zero attached hydrogens (tertiary/aromatic N) is 1. The molecule has 3 aromatic rings. The van der Waals surface area contributed by atoms with E-state index in [1.165, 1.54) is 12.1 Å². The number of hydrogen-bond acceptors (Lipinski definition) is 2. The van der Waals surface area contributed by atoms with Gasteiger partial charge in [0.15, 0.2) is 0 Å². The molecule has 1 aromatic heterocycles. The maximum atomic E-state index is 13.0. The number of nitriles is 1. The lowest BCUT2D eigenvalue weighted by Gasteiger charge is -2.02. The molecule has 0 aliphatic heterocycles. The summed E-state index contributed by atoms with van der Waals surface area (Å²) in [5.41, 5.74) is 1.65. The molecule has 0 atom stereocenters. The predicted octanol–water partition coefficient (Wildman–Crippen LogP) is 6.46. The van der Waals surface area contributed by atoms with Gasteiger partial charge in [0.1, 0.15) is 17.3 Å². The molecule has 0 spiro atoms. The molecule has 0 amide bonds. The molecular weight excluding hydrogens is 348 g/mol. The van der Waals surface area contributed by atoms with Crippen molar-refractivity contribution in [2.24, 2.45) is 0 Å². The molecule has 2 aromatic carbocycles. The molecule has 0 radical (unpaired) electrons. The summed E-state index contributed by atoms with van der Waals surface area (Å²) in [4.78, 5) is 0. The first-order chi connectivity index (χ1) is 11.6. The molecule has 0 unspecified atom stereocenters. The van der Waals surface area contributed by atoms with Gasteiger partial charge in [-0.3, -0.25) is 0 Å². The molecule has 3 rings (SSSR count). The summed E-state index contributed by atoms with van der Waals surface area (Å²) >= 11 is 12.2. The van der Waals surface area contributed by atoms with E-state index in [-0.39, 0.29) is 5.82 Å². The molecule has 1 heterocycles. The Morgan fingerprint density at radius 3 is 2.50 bits per heavy atom. The van der Waals surface area contributed by atoms with E-state index in [9.17, 15) is 9.65 Å². The zero-order valence-electron chi connectivity index (χ0n) is 12.3. The van der Waals surface area contributed by atoms with Crippen molar-refractivity contribution < 1.29 is 8.81 Å². The molecule has 5 heteroatoms. The third kappa shape index (κ3) is 3.35. The fourth-order valence-corrected chi connectivity index (χ4v) is 2.61. The maximum absolute atomic E-state index is 13.0. The van der Waals surface area contributed by atoms with Crippen LogP contribution in [0.4, 0.5) is 4.39 Å². The smallest absolute Gasteiger partial charge is 0.136 e. The second kappa shape index (κ2) is 6.92. The van der Waals surface area contributed by atoms with Crippen molar-refractivity contribution in [2.75, 3.05) is 0 Å². The van der Waals surface area contributed by atoms with Crippen LogP contribution in [0.15, 0.2) is 59.0 Å². The Morgan fingerprint density at radius 1 is 1.04 bits per heavy atom. The highest BCUT2D eigenvalue weighted by Crippen LogP contribution is 2.34. The van der Waals surface area contributed by atoms with Crippen molar-refractivity contribution in [3.63, 3.8) is 0 Å². The summed E-state index contributed by atoms with van der Waals surface area (Å²) in [5.74, 6) is 0.680.